The topological polar surface area (TPSA) is 75.4 Å². The molecule has 0 fully saturated rings. The standard InChI is InChI=1S/C11H23N3O2.ClH/c1-4-7-9(12)11(16)14(6-3)8-10(15)13-5-2;/h9H,4-8,12H2,1-3H3,(H,13,15);1H. The molecule has 0 aromatic carbocycles. The Morgan fingerprint density at radius 2 is 1.88 bits per heavy atom. The second-order valence-electron chi connectivity index (χ2n) is 3.70. The molecule has 3 N–H and O–H groups in total. The number of nitrogens with one attached hydrogen (secondary N) is 1. The highest BCUT2D eigenvalue weighted by atomic mass is 35.5. The molecule has 0 radical (unpaired) electrons. The number of hydrogen-bond donors (Lipinski definition) is 2. The minimum absolute atomic E-state index is 0. The molecular formula is C11H24ClN3O2. The molecule has 0 saturated heterocycles. The third kappa shape index (κ3) is 7.18. The van der Waals surface area contributed by atoms with Crippen LogP contribution in [0.2, 0.25) is 0 Å². The highest BCUT2D eigenvalue weighted by Gasteiger charge is 2.20. The van der Waals surface area contributed by atoms with Crippen molar-refractivity contribution in [3.05, 3.63) is 0 Å². The Balaban J connectivity index is 0. The van der Waals surface area contributed by atoms with Gasteiger partial charge in [0.1, 0.15) is 0 Å². The summed E-state index contributed by atoms with van der Waals surface area (Å²) in [5, 5.41) is 2.66. The van der Waals surface area contributed by atoms with Gasteiger partial charge in [-0.2, -0.15) is 0 Å². The Hall–Kier alpha value is -0.810. The first-order chi connectivity index (χ1) is 7.56. The molecule has 5 nitrogen and oxygen atoms in total. The van der Waals surface area contributed by atoms with E-state index in [1.165, 1.54) is 4.90 Å². The van der Waals surface area contributed by atoms with Gasteiger partial charge < -0.3 is 16.0 Å². The van der Waals surface area contributed by atoms with Crippen LogP contribution in [0.3, 0.4) is 0 Å². The van der Waals surface area contributed by atoms with Crippen LogP contribution >= 0.6 is 12.4 Å². The summed E-state index contributed by atoms with van der Waals surface area (Å²) >= 11 is 0. The van der Waals surface area contributed by atoms with Crippen LogP contribution in [-0.2, 0) is 9.59 Å². The van der Waals surface area contributed by atoms with E-state index in [4.69, 9.17) is 5.73 Å². The minimum atomic E-state index is -0.487. The zero-order chi connectivity index (χ0) is 12.6. The monoisotopic (exact) mass is 265 g/mol. The van der Waals surface area contributed by atoms with Gasteiger partial charge in [-0.05, 0) is 20.3 Å². The third-order valence-electron chi connectivity index (χ3n) is 2.32. The number of nitrogens with zero attached hydrogens (tertiary/aromatic N) is 1. The Bertz CT molecular complexity index is 237. The van der Waals surface area contributed by atoms with Gasteiger partial charge in [-0.3, -0.25) is 9.59 Å². The summed E-state index contributed by atoms with van der Waals surface area (Å²) in [6.45, 7) is 6.85. The maximum atomic E-state index is 11.8. The second-order valence-corrected chi connectivity index (χ2v) is 3.70. The normalized spacial score (nSPS) is 11.3. The molecule has 0 aromatic rings. The Morgan fingerprint density at radius 1 is 1.29 bits per heavy atom. The lowest BCUT2D eigenvalue weighted by molar-refractivity contribution is -0.137. The fourth-order valence-electron chi connectivity index (χ4n) is 1.44. The lowest BCUT2D eigenvalue weighted by atomic mass is 10.1. The van der Waals surface area contributed by atoms with E-state index in [0.717, 1.165) is 6.42 Å². The van der Waals surface area contributed by atoms with Gasteiger partial charge in [0, 0.05) is 13.1 Å². The second kappa shape index (κ2) is 10.4. The molecular weight excluding hydrogens is 242 g/mol. The number of amides is 2. The van der Waals surface area contributed by atoms with Gasteiger partial charge in [0.15, 0.2) is 0 Å². The highest BCUT2D eigenvalue weighted by Crippen LogP contribution is 1.99. The maximum Gasteiger partial charge on any atom is 0.239 e. The van der Waals surface area contributed by atoms with Gasteiger partial charge in [0.2, 0.25) is 11.8 Å². The fourth-order valence-corrected chi connectivity index (χ4v) is 1.44. The van der Waals surface area contributed by atoms with Gasteiger partial charge in [0.25, 0.3) is 0 Å². The number of hydrogen-bond acceptors (Lipinski definition) is 3. The Labute approximate surface area is 110 Å². The zero-order valence-electron chi connectivity index (χ0n) is 10.9. The van der Waals surface area contributed by atoms with Crippen LogP contribution < -0.4 is 11.1 Å². The van der Waals surface area contributed by atoms with Gasteiger partial charge in [0.05, 0.1) is 12.6 Å². The number of halogens is 1. The molecule has 102 valence electrons. The van der Waals surface area contributed by atoms with E-state index in [1.54, 1.807) is 0 Å². The Morgan fingerprint density at radius 3 is 2.29 bits per heavy atom. The van der Waals surface area contributed by atoms with Crippen molar-refractivity contribution in [1.82, 2.24) is 10.2 Å². The van der Waals surface area contributed by atoms with E-state index in [0.29, 0.717) is 19.5 Å². The molecule has 0 aromatic heterocycles. The van der Waals surface area contributed by atoms with Crippen molar-refractivity contribution < 1.29 is 9.59 Å². The largest absolute Gasteiger partial charge is 0.355 e. The molecule has 0 saturated carbocycles. The van der Waals surface area contributed by atoms with Crippen molar-refractivity contribution >= 4 is 24.2 Å². The van der Waals surface area contributed by atoms with E-state index >= 15 is 0 Å². The van der Waals surface area contributed by atoms with Gasteiger partial charge in [-0.25, -0.2) is 0 Å². The molecule has 0 heterocycles. The number of likely N-dealkylation sites (N-methyl/N-ethyl adjacent to an activating group) is 2. The van der Waals surface area contributed by atoms with Crippen LogP contribution in [0.5, 0.6) is 0 Å². The van der Waals surface area contributed by atoms with Crippen LogP contribution in [0.15, 0.2) is 0 Å². The molecule has 17 heavy (non-hydrogen) atoms. The lowest BCUT2D eigenvalue weighted by Gasteiger charge is -2.23. The summed E-state index contributed by atoms with van der Waals surface area (Å²) < 4.78 is 0. The molecule has 0 spiro atoms. The predicted molar refractivity (Wildman–Crippen MR) is 71.1 cm³/mol. The first-order valence-electron chi connectivity index (χ1n) is 5.87. The van der Waals surface area contributed by atoms with Crippen molar-refractivity contribution in [2.45, 2.75) is 39.7 Å². The first-order valence-corrected chi connectivity index (χ1v) is 5.87. The average molecular weight is 266 g/mol. The first kappa shape index (κ1) is 18.6. The van der Waals surface area contributed by atoms with Crippen molar-refractivity contribution in [1.29, 1.82) is 0 Å². The molecule has 0 aliphatic carbocycles. The van der Waals surface area contributed by atoms with E-state index < -0.39 is 6.04 Å². The van der Waals surface area contributed by atoms with Crippen LogP contribution in [0, 0.1) is 0 Å². The lowest BCUT2D eigenvalue weighted by Crippen LogP contribution is -2.47. The van der Waals surface area contributed by atoms with E-state index in [2.05, 4.69) is 5.32 Å². The minimum Gasteiger partial charge on any atom is -0.355 e. The summed E-state index contributed by atoms with van der Waals surface area (Å²) in [4.78, 5) is 24.7. The van der Waals surface area contributed by atoms with Gasteiger partial charge in [-0.1, -0.05) is 13.3 Å². The molecule has 0 aliphatic heterocycles. The molecule has 6 heteroatoms. The molecule has 1 atom stereocenters. The van der Waals surface area contributed by atoms with Crippen molar-refractivity contribution in [2.24, 2.45) is 5.73 Å². The van der Waals surface area contributed by atoms with E-state index in [1.807, 2.05) is 20.8 Å². The molecule has 2 amide bonds. The predicted octanol–water partition coefficient (Wildman–Crippen LogP) is 0.520. The average Bonchev–Trinajstić information content (AvgIpc) is 2.25. The van der Waals surface area contributed by atoms with Crippen LogP contribution in [0.4, 0.5) is 0 Å². The Kier molecular flexibility index (Phi) is 11.3. The molecule has 0 bridgehead atoms. The molecule has 1 unspecified atom stereocenters. The van der Waals surface area contributed by atoms with Gasteiger partial charge in [-0.15, -0.1) is 12.4 Å². The van der Waals surface area contributed by atoms with Crippen molar-refractivity contribution in [2.75, 3.05) is 19.6 Å². The number of carbonyl (C=O) groups excluding carboxylic acids is 2. The summed E-state index contributed by atoms with van der Waals surface area (Å²) in [7, 11) is 0. The van der Waals surface area contributed by atoms with Crippen LogP contribution in [-0.4, -0.2) is 42.4 Å². The summed E-state index contributed by atoms with van der Waals surface area (Å²) in [6.07, 6.45) is 1.52. The molecule has 0 rings (SSSR count). The van der Waals surface area contributed by atoms with Crippen LogP contribution in [0.1, 0.15) is 33.6 Å². The highest BCUT2D eigenvalue weighted by molar-refractivity contribution is 5.87. The summed E-state index contributed by atoms with van der Waals surface area (Å²) in [5.74, 6) is -0.281. The van der Waals surface area contributed by atoms with Crippen LogP contribution in [0.25, 0.3) is 0 Å². The maximum absolute atomic E-state index is 11.8. The SMILES string of the molecule is CCCC(N)C(=O)N(CC)CC(=O)NCC.Cl. The van der Waals surface area contributed by atoms with E-state index in [-0.39, 0.29) is 30.8 Å². The number of rotatable bonds is 7. The third-order valence-corrected chi connectivity index (χ3v) is 2.32. The summed E-state index contributed by atoms with van der Waals surface area (Å²) in [5.41, 5.74) is 5.73. The quantitative estimate of drug-likeness (QED) is 0.705. The number of nitrogens with two attached hydrogens (primary N) is 1. The van der Waals surface area contributed by atoms with Crippen molar-refractivity contribution in [3.8, 4) is 0 Å². The summed E-state index contributed by atoms with van der Waals surface area (Å²) in [6, 6.07) is -0.487. The van der Waals surface area contributed by atoms with Crippen molar-refractivity contribution in [3.63, 3.8) is 0 Å². The molecule has 0 aliphatic rings. The smallest absolute Gasteiger partial charge is 0.239 e. The number of carbonyl (C=O) groups is 2. The fraction of sp³-hybridized carbons (Fsp3) is 0.818. The van der Waals surface area contributed by atoms with Gasteiger partial charge >= 0.3 is 0 Å². The zero-order valence-corrected chi connectivity index (χ0v) is 11.7. The van der Waals surface area contributed by atoms with E-state index in [9.17, 15) is 9.59 Å².